The van der Waals surface area contributed by atoms with Crippen LogP contribution in [0.25, 0.3) is 0 Å². The predicted octanol–water partition coefficient (Wildman–Crippen LogP) is 6.46. The second-order valence-corrected chi connectivity index (χ2v) is 6.95. The molecular weight excluding hydrogens is 283 g/mol. The van der Waals surface area contributed by atoms with Crippen LogP contribution in [0.4, 0.5) is 0 Å². The first-order chi connectivity index (χ1) is 10.2. The number of hydrogen-bond donors (Lipinski definition) is 0. The van der Waals surface area contributed by atoms with Gasteiger partial charge in [-0.2, -0.15) is 0 Å². The highest BCUT2D eigenvalue weighted by Crippen LogP contribution is 2.49. The molecule has 4 heteroatoms. The smallest absolute Gasteiger partial charge is 0.306 e. The van der Waals surface area contributed by atoms with Crippen molar-refractivity contribution >= 4 is 7.60 Å². The SMILES string of the molecule is CCCCCCCCCC=CC=CP(=O)(OCC)OCC. The van der Waals surface area contributed by atoms with E-state index in [-0.39, 0.29) is 0 Å². The zero-order valence-corrected chi connectivity index (χ0v) is 14.9. The van der Waals surface area contributed by atoms with Crippen molar-refractivity contribution in [1.82, 2.24) is 0 Å². The molecule has 3 nitrogen and oxygen atoms in total. The van der Waals surface area contributed by atoms with Crippen molar-refractivity contribution in [2.45, 2.75) is 72.1 Å². The van der Waals surface area contributed by atoms with E-state index >= 15 is 0 Å². The van der Waals surface area contributed by atoms with Crippen LogP contribution in [0.1, 0.15) is 72.1 Å². The fraction of sp³-hybridized carbons (Fsp3) is 0.765. The second kappa shape index (κ2) is 14.6. The van der Waals surface area contributed by atoms with Crippen LogP contribution in [0, 0.1) is 0 Å². The Bertz CT molecular complexity index is 314. The summed E-state index contributed by atoms with van der Waals surface area (Å²) in [6.45, 7) is 6.66. The van der Waals surface area contributed by atoms with Crippen LogP contribution in [-0.4, -0.2) is 13.2 Å². The Morgan fingerprint density at radius 2 is 1.38 bits per heavy atom. The first kappa shape index (κ1) is 20.6. The van der Waals surface area contributed by atoms with Gasteiger partial charge in [-0.1, -0.05) is 63.7 Å². The zero-order valence-electron chi connectivity index (χ0n) is 14.1. The highest BCUT2D eigenvalue weighted by molar-refractivity contribution is 7.57. The standard InChI is InChI=1S/C17H33O3P/c1-4-7-8-9-10-11-12-13-14-15-16-17-21(18,19-5-2)20-6-3/h14-17H,4-13H2,1-3H3. The summed E-state index contributed by atoms with van der Waals surface area (Å²) in [5, 5.41) is 0. The van der Waals surface area contributed by atoms with Crippen LogP contribution in [0.3, 0.4) is 0 Å². The van der Waals surface area contributed by atoms with Crippen molar-refractivity contribution in [2.75, 3.05) is 13.2 Å². The maximum Gasteiger partial charge on any atom is 0.354 e. The summed E-state index contributed by atoms with van der Waals surface area (Å²) in [6, 6.07) is 0. The van der Waals surface area contributed by atoms with Gasteiger partial charge in [0, 0.05) is 5.82 Å². The third kappa shape index (κ3) is 13.0. The lowest BCUT2D eigenvalue weighted by atomic mass is 10.1. The number of rotatable bonds is 14. The zero-order chi connectivity index (χ0) is 15.8. The molecule has 0 aromatic carbocycles. The molecular formula is C17H33O3P. The Morgan fingerprint density at radius 3 is 1.95 bits per heavy atom. The summed E-state index contributed by atoms with van der Waals surface area (Å²) >= 11 is 0. The lowest BCUT2D eigenvalue weighted by Crippen LogP contribution is -1.92. The van der Waals surface area contributed by atoms with Crippen LogP contribution < -0.4 is 0 Å². The molecule has 0 bridgehead atoms. The van der Waals surface area contributed by atoms with Gasteiger partial charge in [-0.15, -0.1) is 0 Å². The van der Waals surface area contributed by atoms with Crippen LogP contribution in [0.2, 0.25) is 0 Å². The van der Waals surface area contributed by atoms with Gasteiger partial charge in [-0.05, 0) is 26.7 Å². The molecule has 124 valence electrons. The lowest BCUT2D eigenvalue weighted by molar-refractivity contribution is 0.229. The van der Waals surface area contributed by atoms with Gasteiger partial charge < -0.3 is 9.05 Å². The third-order valence-corrected chi connectivity index (χ3v) is 4.88. The molecule has 0 atom stereocenters. The average Bonchev–Trinajstić information content (AvgIpc) is 2.45. The van der Waals surface area contributed by atoms with Crippen LogP contribution in [0.5, 0.6) is 0 Å². The molecule has 21 heavy (non-hydrogen) atoms. The largest absolute Gasteiger partial charge is 0.354 e. The van der Waals surface area contributed by atoms with Crippen LogP contribution in [0.15, 0.2) is 24.0 Å². The summed E-state index contributed by atoms with van der Waals surface area (Å²) < 4.78 is 22.5. The monoisotopic (exact) mass is 316 g/mol. The van der Waals surface area contributed by atoms with Crippen molar-refractivity contribution in [3.05, 3.63) is 24.0 Å². The molecule has 0 aliphatic carbocycles. The van der Waals surface area contributed by atoms with Crippen molar-refractivity contribution in [2.24, 2.45) is 0 Å². The Balaban J connectivity index is 3.74. The first-order valence-electron chi connectivity index (χ1n) is 8.41. The Morgan fingerprint density at radius 1 is 0.810 bits per heavy atom. The van der Waals surface area contributed by atoms with E-state index in [1.54, 1.807) is 11.9 Å². The number of hydrogen-bond acceptors (Lipinski definition) is 3. The average molecular weight is 316 g/mol. The van der Waals surface area contributed by atoms with Crippen molar-refractivity contribution in [3.8, 4) is 0 Å². The molecule has 0 saturated heterocycles. The van der Waals surface area contributed by atoms with E-state index in [1.807, 2.05) is 19.9 Å². The maximum atomic E-state index is 12.1. The van der Waals surface area contributed by atoms with E-state index < -0.39 is 7.60 Å². The van der Waals surface area contributed by atoms with E-state index in [4.69, 9.17) is 9.05 Å². The van der Waals surface area contributed by atoms with Gasteiger partial charge in [-0.3, -0.25) is 4.57 Å². The second-order valence-electron chi connectivity index (χ2n) is 5.06. The van der Waals surface area contributed by atoms with E-state index in [0.29, 0.717) is 13.2 Å². The summed E-state index contributed by atoms with van der Waals surface area (Å²) in [6.07, 6.45) is 16.2. The van der Waals surface area contributed by atoms with Gasteiger partial charge in [0.15, 0.2) is 0 Å². The molecule has 0 fully saturated rings. The summed E-state index contributed by atoms with van der Waals surface area (Å²) in [4.78, 5) is 0. The molecule has 0 aromatic rings. The molecule has 0 aliphatic heterocycles. The summed E-state index contributed by atoms with van der Waals surface area (Å²) in [5.74, 6) is 1.54. The molecule has 0 spiro atoms. The van der Waals surface area contributed by atoms with Crippen LogP contribution >= 0.6 is 7.60 Å². The van der Waals surface area contributed by atoms with E-state index in [9.17, 15) is 4.57 Å². The normalized spacial score (nSPS) is 12.7. The molecule has 0 aliphatic rings. The highest BCUT2D eigenvalue weighted by Gasteiger charge is 2.17. The van der Waals surface area contributed by atoms with Gasteiger partial charge in [0.25, 0.3) is 0 Å². The quantitative estimate of drug-likeness (QED) is 0.209. The highest BCUT2D eigenvalue weighted by atomic mass is 31.2. The van der Waals surface area contributed by atoms with Crippen molar-refractivity contribution in [1.29, 1.82) is 0 Å². The molecule has 0 aromatic heterocycles. The topological polar surface area (TPSA) is 35.5 Å². The predicted molar refractivity (Wildman–Crippen MR) is 91.7 cm³/mol. The van der Waals surface area contributed by atoms with Gasteiger partial charge in [0.1, 0.15) is 0 Å². The molecule has 0 saturated carbocycles. The lowest BCUT2D eigenvalue weighted by Gasteiger charge is -2.11. The van der Waals surface area contributed by atoms with Gasteiger partial charge >= 0.3 is 7.60 Å². The van der Waals surface area contributed by atoms with E-state index in [0.717, 1.165) is 6.42 Å². The molecule has 0 amide bonds. The fourth-order valence-corrected chi connectivity index (χ4v) is 3.31. The Labute approximate surface area is 131 Å². The van der Waals surface area contributed by atoms with E-state index in [1.165, 1.54) is 44.9 Å². The van der Waals surface area contributed by atoms with Crippen molar-refractivity contribution < 1.29 is 13.6 Å². The third-order valence-electron chi connectivity index (χ3n) is 3.11. The van der Waals surface area contributed by atoms with Gasteiger partial charge in [0.2, 0.25) is 0 Å². The molecule has 0 unspecified atom stereocenters. The minimum atomic E-state index is -3.03. The number of unbranched alkanes of at least 4 members (excludes halogenated alkanes) is 7. The van der Waals surface area contributed by atoms with E-state index in [2.05, 4.69) is 13.0 Å². The summed E-state index contributed by atoms with van der Waals surface area (Å²) in [5.41, 5.74) is 0. The first-order valence-corrected chi connectivity index (χ1v) is 10.0. The Hall–Kier alpha value is -0.370. The number of allylic oxidation sites excluding steroid dienone is 3. The van der Waals surface area contributed by atoms with Crippen molar-refractivity contribution in [3.63, 3.8) is 0 Å². The minimum absolute atomic E-state index is 0.392. The molecule has 0 radical (unpaired) electrons. The maximum absolute atomic E-state index is 12.1. The Kier molecular flexibility index (Phi) is 14.3. The summed E-state index contributed by atoms with van der Waals surface area (Å²) in [7, 11) is -3.03. The fourth-order valence-electron chi connectivity index (χ4n) is 2.03. The van der Waals surface area contributed by atoms with Gasteiger partial charge in [0.05, 0.1) is 13.2 Å². The molecule has 0 rings (SSSR count). The van der Waals surface area contributed by atoms with Gasteiger partial charge in [-0.25, -0.2) is 0 Å². The molecule has 0 N–H and O–H groups in total. The minimum Gasteiger partial charge on any atom is -0.306 e. The van der Waals surface area contributed by atoms with Crippen LogP contribution in [-0.2, 0) is 13.6 Å². The molecule has 0 heterocycles.